The molecule has 0 atom stereocenters. The third-order valence-electron chi connectivity index (χ3n) is 5.84. The number of hydrogen-bond donors (Lipinski definition) is 0. The molecular formula is C21H28ClN5O2S. The lowest BCUT2D eigenvalue weighted by Gasteiger charge is -2.35. The Hall–Kier alpha value is -1.71. The van der Waals surface area contributed by atoms with E-state index >= 15 is 0 Å². The SMILES string of the molecule is CN1CCN(S(=O)(=O)c2ccc(N3CCN(Cc4ccc(Cl)cc4)CC3)nc2)CC1. The predicted octanol–water partition coefficient (Wildman–Crippen LogP) is 1.99. The lowest BCUT2D eigenvalue weighted by Crippen LogP contribution is -2.47. The van der Waals surface area contributed by atoms with Gasteiger partial charge < -0.3 is 9.80 Å². The number of piperazine rings is 2. The fraction of sp³-hybridized carbons (Fsp3) is 0.476. The van der Waals surface area contributed by atoms with Gasteiger partial charge in [0.2, 0.25) is 10.0 Å². The van der Waals surface area contributed by atoms with E-state index in [9.17, 15) is 8.42 Å². The van der Waals surface area contributed by atoms with E-state index < -0.39 is 10.0 Å². The van der Waals surface area contributed by atoms with Crippen molar-refractivity contribution in [3.8, 4) is 0 Å². The molecule has 3 heterocycles. The fourth-order valence-electron chi connectivity index (χ4n) is 3.87. The van der Waals surface area contributed by atoms with Crippen LogP contribution in [0.4, 0.5) is 5.82 Å². The lowest BCUT2D eigenvalue weighted by molar-refractivity contribution is 0.222. The average Bonchev–Trinajstić information content (AvgIpc) is 2.76. The van der Waals surface area contributed by atoms with Crippen LogP contribution in [0, 0.1) is 0 Å². The zero-order valence-electron chi connectivity index (χ0n) is 17.2. The van der Waals surface area contributed by atoms with Crippen LogP contribution in [0.25, 0.3) is 0 Å². The first kappa shape index (κ1) is 21.5. The van der Waals surface area contributed by atoms with Crippen molar-refractivity contribution < 1.29 is 8.42 Å². The standard InChI is InChI=1S/C21H28ClN5O2S/c1-24-8-14-27(15-9-24)30(28,29)20-6-7-21(23-16-20)26-12-10-25(11-13-26)17-18-2-4-19(22)5-3-18/h2-7,16H,8-15,17H2,1H3. The van der Waals surface area contributed by atoms with Crippen molar-refractivity contribution in [3.05, 3.63) is 53.2 Å². The average molecular weight is 450 g/mol. The second-order valence-corrected chi connectivity index (χ2v) is 10.3. The molecule has 7 nitrogen and oxygen atoms in total. The Morgan fingerprint density at radius 1 is 0.900 bits per heavy atom. The van der Waals surface area contributed by atoms with Gasteiger partial charge in [-0.15, -0.1) is 0 Å². The zero-order valence-corrected chi connectivity index (χ0v) is 18.8. The smallest absolute Gasteiger partial charge is 0.244 e. The summed E-state index contributed by atoms with van der Waals surface area (Å²) in [5, 5.41) is 0.757. The summed E-state index contributed by atoms with van der Waals surface area (Å²) in [6, 6.07) is 11.5. The molecule has 30 heavy (non-hydrogen) atoms. The molecule has 4 rings (SSSR count). The second kappa shape index (κ2) is 9.20. The summed E-state index contributed by atoms with van der Waals surface area (Å²) in [4.78, 5) is 11.5. The van der Waals surface area contributed by atoms with E-state index in [2.05, 4.69) is 31.8 Å². The van der Waals surface area contributed by atoms with Gasteiger partial charge in [-0.1, -0.05) is 23.7 Å². The van der Waals surface area contributed by atoms with Crippen molar-refractivity contribution in [2.75, 3.05) is 64.3 Å². The van der Waals surface area contributed by atoms with Crippen LogP contribution in [0.2, 0.25) is 5.02 Å². The van der Waals surface area contributed by atoms with Crippen molar-refractivity contribution >= 4 is 27.4 Å². The van der Waals surface area contributed by atoms with E-state index in [1.54, 1.807) is 10.4 Å². The van der Waals surface area contributed by atoms with Crippen molar-refractivity contribution in [3.63, 3.8) is 0 Å². The lowest BCUT2D eigenvalue weighted by atomic mass is 10.2. The van der Waals surface area contributed by atoms with Gasteiger partial charge in [-0.3, -0.25) is 4.90 Å². The quantitative estimate of drug-likeness (QED) is 0.695. The van der Waals surface area contributed by atoms with Crippen molar-refractivity contribution in [1.29, 1.82) is 0 Å². The molecule has 0 N–H and O–H groups in total. The molecule has 0 amide bonds. The number of pyridine rings is 1. The number of anilines is 1. The van der Waals surface area contributed by atoms with Crippen LogP contribution in [-0.2, 0) is 16.6 Å². The molecule has 2 aliphatic rings. The number of nitrogens with zero attached hydrogens (tertiary/aromatic N) is 5. The van der Waals surface area contributed by atoms with E-state index in [0.717, 1.165) is 56.7 Å². The number of sulfonamides is 1. The highest BCUT2D eigenvalue weighted by atomic mass is 35.5. The van der Waals surface area contributed by atoms with Crippen LogP contribution in [0.5, 0.6) is 0 Å². The Balaban J connectivity index is 1.34. The summed E-state index contributed by atoms with van der Waals surface area (Å²) in [7, 11) is -1.46. The van der Waals surface area contributed by atoms with Crippen LogP contribution in [0.15, 0.2) is 47.5 Å². The van der Waals surface area contributed by atoms with Gasteiger partial charge in [0, 0.05) is 70.1 Å². The summed E-state index contributed by atoms with van der Waals surface area (Å²) in [5.41, 5.74) is 1.25. The van der Waals surface area contributed by atoms with E-state index in [1.807, 2.05) is 25.2 Å². The van der Waals surface area contributed by atoms with Crippen LogP contribution in [-0.4, -0.2) is 86.9 Å². The first-order valence-corrected chi connectivity index (χ1v) is 12.1. The van der Waals surface area contributed by atoms with Gasteiger partial charge in [0.1, 0.15) is 10.7 Å². The molecule has 0 saturated carbocycles. The highest BCUT2D eigenvalue weighted by molar-refractivity contribution is 7.89. The summed E-state index contributed by atoms with van der Waals surface area (Å²) in [6.45, 7) is 7.07. The zero-order chi connectivity index (χ0) is 21.1. The van der Waals surface area contributed by atoms with Crippen LogP contribution in [0.1, 0.15) is 5.56 Å². The van der Waals surface area contributed by atoms with Crippen LogP contribution >= 0.6 is 11.6 Å². The molecule has 162 valence electrons. The molecule has 0 spiro atoms. The molecule has 2 saturated heterocycles. The number of halogens is 1. The third-order valence-corrected chi connectivity index (χ3v) is 7.97. The highest BCUT2D eigenvalue weighted by Crippen LogP contribution is 2.21. The molecule has 9 heteroatoms. The summed E-state index contributed by atoms with van der Waals surface area (Å²) >= 11 is 5.96. The Bertz CT molecular complexity index is 936. The predicted molar refractivity (Wildman–Crippen MR) is 119 cm³/mol. The molecule has 2 aromatic rings. The minimum atomic E-state index is -3.47. The summed E-state index contributed by atoms with van der Waals surface area (Å²) in [6.07, 6.45) is 1.50. The van der Waals surface area contributed by atoms with Gasteiger partial charge in [-0.05, 0) is 36.9 Å². The van der Waals surface area contributed by atoms with Gasteiger partial charge in [0.25, 0.3) is 0 Å². The van der Waals surface area contributed by atoms with E-state index in [-0.39, 0.29) is 4.90 Å². The van der Waals surface area contributed by atoms with Gasteiger partial charge in [-0.2, -0.15) is 4.31 Å². The molecule has 0 radical (unpaired) electrons. The van der Waals surface area contributed by atoms with Crippen molar-refractivity contribution in [2.45, 2.75) is 11.4 Å². The monoisotopic (exact) mass is 449 g/mol. The molecule has 1 aromatic carbocycles. The summed E-state index contributed by atoms with van der Waals surface area (Å²) in [5.74, 6) is 0.832. The van der Waals surface area contributed by atoms with Crippen LogP contribution < -0.4 is 4.90 Å². The largest absolute Gasteiger partial charge is 0.354 e. The maximum Gasteiger partial charge on any atom is 0.244 e. The molecule has 0 aliphatic carbocycles. The molecule has 0 bridgehead atoms. The normalized spacial score (nSPS) is 19.9. The van der Waals surface area contributed by atoms with E-state index in [4.69, 9.17) is 11.6 Å². The third kappa shape index (κ3) is 4.95. The van der Waals surface area contributed by atoms with E-state index in [1.165, 1.54) is 11.8 Å². The Kier molecular flexibility index (Phi) is 6.60. The minimum absolute atomic E-state index is 0.275. The number of hydrogen-bond acceptors (Lipinski definition) is 6. The second-order valence-electron chi connectivity index (χ2n) is 7.95. The molecular weight excluding hydrogens is 422 g/mol. The van der Waals surface area contributed by atoms with Gasteiger partial charge >= 0.3 is 0 Å². The number of rotatable bonds is 5. The first-order chi connectivity index (χ1) is 14.4. The van der Waals surface area contributed by atoms with Crippen LogP contribution in [0.3, 0.4) is 0 Å². The van der Waals surface area contributed by atoms with Crippen molar-refractivity contribution in [2.24, 2.45) is 0 Å². The molecule has 2 fully saturated rings. The first-order valence-electron chi connectivity index (χ1n) is 10.3. The topological polar surface area (TPSA) is 60.0 Å². The number of likely N-dealkylation sites (N-methyl/N-ethyl adjacent to an activating group) is 1. The maximum atomic E-state index is 12.9. The fourth-order valence-corrected chi connectivity index (χ4v) is 5.37. The molecule has 0 unspecified atom stereocenters. The van der Waals surface area contributed by atoms with Crippen molar-refractivity contribution in [1.82, 2.24) is 19.1 Å². The Labute approximate surface area is 183 Å². The molecule has 2 aliphatic heterocycles. The Morgan fingerprint density at radius 2 is 1.57 bits per heavy atom. The maximum absolute atomic E-state index is 12.9. The van der Waals surface area contributed by atoms with Gasteiger partial charge in [0.05, 0.1) is 0 Å². The van der Waals surface area contributed by atoms with Gasteiger partial charge in [-0.25, -0.2) is 13.4 Å². The number of aromatic nitrogens is 1. The number of benzene rings is 1. The summed E-state index contributed by atoms with van der Waals surface area (Å²) < 4.78 is 27.3. The van der Waals surface area contributed by atoms with E-state index in [0.29, 0.717) is 13.1 Å². The minimum Gasteiger partial charge on any atom is -0.354 e. The van der Waals surface area contributed by atoms with Gasteiger partial charge in [0.15, 0.2) is 0 Å². The Morgan fingerprint density at radius 3 is 2.17 bits per heavy atom. The molecule has 1 aromatic heterocycles. The highest BCUT2D eigenvalue weighted by Gasteiger charge is 2.28.